The average molecular weight is 284 g/mol. The number of nitrogens with zero attached hydrogens (tertiary/aromatic N) is 3. The molecular formula is C14H28N4O2. The van der Waals surface area contributed by atoms with Gasteiger partial charge < -0.3 is 20.7 Å². The lowest BCUT2D eigenvalue weighted by Gasteiger charge is -2.33. The van der Waals surface area contributed by atoms with Gasteiger partial charge in [0, 0.05) is 20.1 Å². The van der Waals surface area contributed by atoms with E-state index in [4.69, 9.17) is 10.9 Å². The Morgan fingerprint density at radius 2 is 1.90 bits per heavy atom. The maximum Gasteiger partial charge on any atom is 0.236 e. The molecule has 0 aromatic rings. The fraction of sp³-hybridized carbons (Fsp3) is 0.857. The highest BCUT2D eigenvalue weighted by Crippen LogP contribution is 2.29. The molecule has 1 aliphatic heterocycles. The van der Waals surface area contributed by atoms with E-state index >= 15 is 0 Å². The maximum absolute atomic E-state index is 12.7. The van der Waals surface area contributed by atoms with E-state index in [0.29, 0.717) is 19.4 Å². The molecule has 20 heavy (non-hydrogen) atoms. The van der Waals surface area contributed by atoms with Crippen molar-refractivity contribution in [3.05, 3.63) is 0 Å². The molecule has 1 fully saturated rings. The Kier molecular flexibility index (Phi) is 6.26. The molecule has 0 spiro atoms. The number of oxime groups is 1. The Morgan fingerprint density at radius 3 is 2.35 bits per heavy atom. The molecule has 0 aliphatic carbocycles. The molecule has 0 radical (unpaired) electrons. The van der Waals surface area contributed by atoms with Crippen LogP contribution < -0.4 is 5.73 Å². The van der Waals surface area contributed by atoms with Crippen LogP contribution in [0.3, 0.4) is 0 Å². The van der Waals surface area contributed by atoms with Crippen LogP contribution in [-0.4, -0.2) is 60.0 Å². The van der Waals surface area contributed by atoms with Crippen LogP contribution in [0.25, 0.3) is 0 Å². The minimum absolute atomic E-state index is 0.0144. The van der Waals surface area contributed by atoms with Crippen LogP contribution in [0.1, 0.15) is 39.5 Å². The van der Waals surface area contributed by atoms with Gasteiger partial charge in [-0.05, 0) is 38.8 Å². The van der Waals surface area contributed by atoms with Gasteiger partial charge in [-0.2, -0.15) is 0 Å². The molecule has 6 nitrogen and oxygen atoms in total. The highest BCUT2D eigenvalue weighted by Gasteiger charge is 2.41. The van der Waals surface area contributed by atoms with Crippen LogP contribution in [0.4, 0.5) is 0 Å². The normalized spacial score (nSPS) is 17.4. The zero-order valence-corrected chi connectivity index (χ0v) is 12.9. The summed E-state index contributed by atoms with van der Waals surface area (Å²) in [6, 6.07) is 0. The number of hydrogen-bond acceptors (Lipinski definition) is 4. The van der Waals surface area contributed by atoms with Gasteiger partial charge in [0.25, 0.3) is 0 Å². The van der Waals surface area contributed by atoms with E-state index in [1.54, 1.807) is 11.9 Å². The molecular weight excluding hydrogens is 256 g/mol. The molecule has 6 heteroatoms. The topological polar surface area (TPSA) is 82.2 Å². The number of carbonyl (C=O) groups is 1. The van der Waals surface area contributed by atoms with Crippen LogP contribution in [0, 0.1) is 5.41 Å². The van der Waals surface area contributed by atoms with Crippen LogP contribution >= 0.6 is 0 Å². The van der Waals surface area contributed by atoms with Crippen molar-refractivity contribution in [1.29, 1.82) is 0 Å². The van der Waals surface area contributed by atoms with Gasteiger partial charge in [0.1, 0.15) is 5.41 Å². The number of carbonyl (C=O) groups excluding carboxylic acids is 1. The molecule has 0 atom stereocenters. The quantitative estimate of drug-likeness (QED) is 0.317. The summed E-state index contributed by atoms with van der Waals surface area (Å²) in [6.45, 7) is 7.60. The lowest BCUT2D eigenvalue weighted by Crippen LogP contribution is -2.51. The highest BCUT2D eigenvalue weighted by atomic mass is 16.4. The van der Waals surface area contributed by atoms with Crippen molar-refractivity contribution in [3.63, 3.8) is 0 Å². The number of nitrogens with two attached hydrogens (primary N) is 1. The lowest BCUT2D eigenvalue weighted by atomic mass is 9.79. The van der Waals surface area contributed by atoms with E-state index < -0.39 is 5.41 Å². The van der Waals surface area contributed by atoms with Crippen molar-refractivity contribution in [2.75, 3.05) is 33.2 Å². The Labute approximate surface area is 121 Å². The smallest absolute Gasteiger partial charge is 0.236 e. The Hall–Kier alpha value is -1.30. The molecule has 3 N–H and O–H groups in total. The van der Waals surface area contributed by atoms with Gasteiger partial charge in [0.05, 0.1) is 0 Å². The Morgan fingerprint density at radius 1 is 1.35 bits per heavy atom. The van der Waals surface area contributed by atoms with Crippen LogP contribution in [-0.2, 0) is 4.79 Å². The van der Waals surface area contributed by atoms with Gasteiger partial charge in [-0.15, -0.1) is 0 Å². The second-order valence-electron chi connectivity index (χ2n) is 5.55. The number of likely N-dealkylation sites (tertiary alicyclic amines) is 1. The minimum Gasteiger partial charge on any atom is -0.409 e. The largest absolute Gasteiger partial charge is 0.409 e. The number of rotatable bonds is 7. The number of hydrogen-bond donors (Lipinski definition) is 2. The van der Waals surface area contributed by atoms with Gasteiger partial charge in [-0.25, -0.2) is 0 Å². The number of amides is 1. The summed E-state index contributed by atoms with van der Waals surface area (Å²) in [5.41, 5.74) is 4.89. The van der Waals surface area contributed by atoms with Crippen molar-refractivity contribution in [2.45, 2.75) is 39.5 Å². The van der Waals surface area contributed by atoms with Crippen molar-refractivity contribution in [2.24, 2.45) is 16.3 Å². The molecule has 0 aromatic carbocycles. The van der Waals surface area contributed by atoms with Crippen molar-refractivity contribution >= 4 is 11.7 Å². The van der Waals surface area contributed by atoms with Gasteiger partial charge in [0.15, 0.2) is 5.84 Å². The first-order valence-electron chi connectivity index (χ1n) is 7.47. The summed E-state index contributed by atoms with van der Waals surface area (Å²) in [7, 11) is 1.79. The summed E-state index contributed by atoms with van der Waals surface area (Å²) in [5.74, 6) is -0.0440. The van der Waals surface area contributed by atoms with Crippen molar-refractivity contribution in [1.82, 2.24) is 9.80 Å². The summed E-state index contributed by atoms with van der Waals surface area (Å²) in [6.07, 6.45) is 3.56. The van der Waals surface area contributed by atoms with E-state index in [0.717, 1.165) is 19.6 Å². The summed E-state index contributed by atoms with van der Waals surface area (Å²) >= 11 is 0. The molecule has 1 rings (SSSR count). The van der Waals surface area contributed by atoms with Crippen molar-refractivity contribution in [3.8, 4) is 0 Å². The number of amidine groups is 1. The Balaban J connectivity index is 2.68. The van der Waals surface area contributed by atoms with Gasteiger partial charge in [0.2, 0.25) is 5.91 Å². The molecule has 0 unspecified atom stereocenters. The molecule has 1 aliphatic rings. The zero-order chi connectivity index (χ0) is 15.2. The fourth-order valence-corrected chi connectivity index (χ4v) is 2.88. The monoisotopic (exact) mass is 284 g/mol. The lowest BCUT2D eigenvalue weighted by molar-refractivity contribution is -0.137. The second-order valence-corrected chi connectivity index (χ2v) is 5.55. The standard InChI is InChI=1S/C14H28N4O2/c1-4-14(5-2,12(15)16-20)13(19)17(3)10-11-18-8-6-7-9-18/h20H,4-11H2,1-3H3,(H2,15,16). The van der Waals surface area contributed by atoms with E-state index in [9.17, 15) is 4.79 Å². The third-order valence-electron chi connectivity index (χ3n) is 4.51. The molecule has 1 amide bonds. The van der Waals surface area contributed by atoms with E-state index in [1.807, 2.05) is 13.8 Å². The number of likely N-dealkylation sites (N-methyl/N-ethyl adjacent to an activating group) is 1. The highest BCUT2D eigenvalue weighted by molar-refractivity contribution is 6.06. The van der Waals surface area contributed by atoms with E-state index in [-0.39, 0.29) is 11.7 Å². The molecule has 0 saturated carbocycles. The summed E-state index contributed by atoms with van der Waals surface area (Å²) < 4.78 is 0. The first kappa shape index (κ1) is 16.8. The summed E-state index contributed by atoms with van der Waals surface area (Å²) in [4.78, 5) is 16.7. The van der Waals surface area contributed by atoms with Crippen LogP contribution in [0.2, 0.25) is 0 Å². The predicted molar refractivity (Wildman–Crippen MR) is 79.7 cm³/mol. The average Bonchev–Trinajstić information content (AvgIpc) is 2.99. The minimum atomic E-state index is -0.880. The van der Waals surface area contributed by atoms with Crippen molar-refractivity contribution < 1.29 is 10.0 Å². The first-order chi connectivity index (χ1) is 9.51. The molecule has 1 heterocycles. The van der Waals surface area contributed by atoms with Crippen LogP contribution in [0.5, 0.6) is 0 Å². The predicted octanol–water partition coefficient (Wildman–Crippen LogP) is 1.09. The van der Waals surface area contributed by atoms with Crippen LogP contribution in [0.15, 0.2) is 5.16 Å². The maximum atomic E-state index is 12.7. The van der Waals surface area contributed by atoms with Gasteiger partial charge in [-0.3, -0.25) is 4.79 Å². The van der Waals surface area contributed by atoms with Gasteiger partial charge in [-0.1, -0.05) is 19.0 Å². The van der Waals surface area contributed by atoms with Gasteiger partial charge >= 0.3 is 0 Å². The fourth-order valence-electron chi connectivity index (χ4n) is 2.88. The molecule has 0 aromatic heterocycles. The first-order valence-corrected chi connectivity index (χ1v) is 7.47. The third kappa shape index (κ3) is 3.42. The Bertz CT molecular complexity index is 347. The van der Waals surface area contributed by atoms with E-state index in [1.165, 1.54) is 12.8 Å². The molecule has 116 valence electrons. The second kappa shape index (κ2) is 7.47. The zero-order valence-electron chi connectivity index (χ0n) is 12.9. The molecule has 0 bridgehead atoms. The molecule has 1 saturated heterocycles. The SMILES string of the molecule is CCC(CC)(C(=O)N(C)CCN1CCCC1)C(N)=NO. The summed E-state index contributed by atoms with van der Waals surface area (Å²) in [5, 5.41) is 12.0. The third-order valence-corrected chi connectivity index (χ3v) is 4.51. The van der Waals surface area contributed by atoms with E-state index in [2.05, 4.69) is 10.1 Å².